The lowest BCUT2D eigenvalue weighted by Crippen LogP contribution is -2.56. The van der Waals surface area contributed by atoms with E-state index in [-0.39, 0.29) is 11.4 Å². The van der Waals surface area contributed by atoms with Crippen molar-refractivity contribution in [2.75, 3.05) is 25.5 Å². The van der Waals surface area contributed by atoms with Gasteiger partial charge in [-0.15, -0.1) is 0 Å². The van der Waals surface area contributed by atoms with E-state index in [4.69, 9.17) is 5.73 Å². The molecule has 0 aromatic heterocycles. The molecule has 0 saturated carbocycles. The Morgan fingerprint density at radius 3 is 2.83 bits per heavy atom. The fourth-order valence-corrected chi connectivity index (χ4v) is 2.63. The zero-order valence-corrected chi connectivity index (χ0v) is 11.1. The lowest BCUT2D eigenvalue weighted by Gasteiger charge is -2.45. The van der Waals surface area contributed by atoms with Crippen LogP contribution in [0.4, 0.5) is 10.1 Å². The molecule has 2 atom stereocenters. The molecule has 1 aliphatic heterocycles. The molecule has 2 rings (SSSR count). The summed E-state index contributed by atoms with van der Waals surface area (Å²) < 4.78 is 13.7. The normalized spacial score (nSPS) is 29.2. The van der Waals surface area contributed by atoms with E-state index in [1.165, 1.54) is 6.07 Å². The van der Waals surface area contributed by atoms with E-state index >= 15 is 0 Å². The number of halogens is 1. The fourth-order valence-electron chi connectivity index (χ4n) is 2.63. The zero-order chi connectivity index (χ0) is 13.2. The number of benzene rings is 1. The van der Waals surface area contributed by atoms with Crippen LogP contribution in [-0.4, -0.2) is 36.6 Å². The maximum absolute atomic E-state index is 13.7. The van der Waals surface area contributed by atoms with Crippen LogP contribution in [0, 0.1) is 5.82 Å². The van der Waals surface area contributed by atoms with Crippen LogP contribution in [0.3, 0.4) is 0 Å². The summed E-state index contributed by atoms with van der Waals surface area (Å²) in [4.78, 5) is 2.32. The molecule has 100 valence electrons. The number of hydrogen-bond acceptors (Lipinski definition) is 3. The molecule has 1 aromatic rings. The standard InChI is InChI=1S/C14H22FN3/c1-11-9-14(10-16,7-8-18(11)2)17-13-6-4-3-5-12(13)15/h3-6,11,17H,7-10,16H2,1-2H3. The molecule has 0 bridgehead atoms. The Morgan fingerprint density at radius 2 is 2.22 bits per heavy atom. The Kier molecular flexibility index (Phi) is 3.88. The van der Waals surface area contributed by atoms with Crippen molar-refractivity contribution in [3.63, 3.8) is 0 Å². The number of nitrogens with two attached hydrogens (primary N) is 1. The first kappa shape index (κ1) is 13.3. The van der Waals surface area contributed by atoms with Crippen LogP contribution in [0.25, 0.3) is 0 Å². The van der Waals surface area contributed by atoms with Crippen LogP contribution < -0.4 is 11.1 Å². The number of piperidine rings is 1. The minimum atomic E-state index is -0.211. The van der Waals surface area contributed by atoms with Crippen molar-refractivity contribution in [1.29, 1.82) is 0 Å². The van der Waals surface area contributed by atoms with Crippen LogP contribution in [0.2, 0.25) is 0 Å². The highest BCUT2D eigenvalue weighted by molar-refractivity contribution is 5.47. The summed E-state index contributed by atoms with van der Waals surface area (Å²) in [5.74, 6) is -0.211. The van der Waals surface area contributed by atoms with E-state index in [2.05, 4.69) is 24.2 Å². The highest BCUT2D eigenvalue weighted by Crippen LogP contribution is 2.30. The van der Waals surface area contributed by atoms with Crippen LogP contribution in [0.1, 0.15) is 19.8 Å². The molecule has 0 radical (unpaired) electrons. The topological polar surface area (TPSA) is 41.3 Å². The highest BCUT2D eigenvalue weighted by atomic mass is 19.1. The summed E-state index contributed by atoms with van der Waals surface area (Å²) in [5.41, 5.74) is 6.31. The Morgan fingerprint density at radius 1 is 1.50 bits per heavy atom. The summed E-state index contributed by atoms with van der Waals surface area (Å²) >= 11 is 0. The lowest BCUT2D eigenvalue weighted by atomic mass is 9.83. The minimum absolute atomic E-state index is 0.186. The third kappa shape index (κ3) is 2.65. The van der Waals surface area contributed by atoms with Gasteiger partial charge in [-0.05, 0) is 38.9 Å². The van der Waals surface area contributed by atoms with Gasteiger partial charge in [0.25, 0.3) is 0 Å². The van der Waals surface area contributed by atoms with Crippen molar-refractivity contribution in [2.24, 2.45) is 5.73 Å². The SMILES string of the molecule is CC1CC(CN)(Nc2ccccc2F)CCN1C. The number of nitrogens with zero attached hydrogens (tertiary/aromatic N) is 1. The predicted molar refractivity (Wildman–Crippen MR) is 73.1 cm³/mol. The van der Waals surface area contributed by atoms with E-state index in [0.717, 1.165) is 19.4 Å². The largest absolute Gasteiger partial charge is 0.376 e. The van der Waals surface area contributed by atoms with Crippen molar-refractivity contribution in [2.45, 2.75) is 31.3 Å². The number of hydrogen-bond donors (Lipinski definition) is 2. The van der Waals surface area contributed by atoms with Gasteiger partial charge in [-0.3, -0.25) is 0 Å². The van der Waals surface area contributed by atoms with E-state index in [1.54, 1.807) is 12.1 Å². The summed E-state index contributed by atoms with van der Waals surface area (Å²) in [6, 6.07) is 7.25. The number of para-hydroxylation sites is 1. The first-order valence-electron chi connectivity index (χ1n) is 6.49. The van der Waals surface area contributed by atoms with Crippen molar-refractivity contribution >= 4 is 5.69 Å². The highest BCUT2D eigenvalue weighted by Gasteiger charge is 2.36. The van der Waals surface area contributed by atoms with Crippen molar-refractivity contribution in [1.82, 2.24) is 4.90 Å². The first-order valence-corrected chi connectivity index (χ1v) is 6.49. The Bertz CT molecular complexity index is 410. The molecule has 1 aromatic carbocycles. The fraction of sp³-hybridized carbons (Fsp3) is 0.571. The van der Waals surface area contributed by atoms with Gasteiger partial charge in [0.1, 0.15) is 5.82 Å². The van der Waals surface area contributed by atoms with Gasteiger partial charge < -0.3 is 16.0 Å². The van der Waals surface area contributed by atoms with Gasteiger partial charge in [-0.1, -0.05) is 12.1 Å². The molecule has 3 nitrogen and oxygen atoms in total. The molecule has 1 fully saturated rings. The molecular formula is C14H22FN3. The van der Waals surface area contributed by atoms with E-state index in [9.17, 15) is 4.39 Å². The molecule has 0 spiro atoms. The van der Waals surface area contributed by atoms with Crippen LogP contribution in [-0.2, 0) is 0 Å². The van der Waals surface area contributed by atoms with Gasteiger partial charge in [0.05, 0.1) is 11.2 Å². The maximum atomic E-state index is 13.7. The van der Waals surface area contributed by atoms with Crippen molar-refractivity contribution < 1.29 is 4.39 Å². The molecule has 1 heterocycles. The molecule has 1 aliphatic rings. The van der Waals surface area contributed by atoms with Gasteiger partial charge in [0.2, 0.25) is 0 Å². The number of anilines is 1. The average molecular weight is 251 g/mol. The molecule has 1 saturated heterocycles. The molecule has 18 heavy (non-hydrogen) atoms. The monoisotopic (exact) mass is 251 g/mol. The lowest BCUT2D eigenvalue weighted by molar-refractivity contribution is 0.146. The molecule has 0 amide bonds. The second-order valence-electron chi connectivity index (χ2n) is 5.37. The summed E-state index contributed by atoms with van der Waals surface area (Å²) in [6.45, 7) is 3.70. The number of rotatable bonds is 3. The second-order valence-corrected chi connectivity index (χ2v) is 5.37. The molecule has 0 aliphatic carbocycles. The Hall–Kier alpha value is -1.13. The maximum Gasteiger partial charge on any atom is 0.146 e. The van der Waals surface area contributed by atoms with Crippen molar-refractivity contribution in [3.05, 3.63) is 30.1 Å². The van der Waals surface area contributed by atoms with E-state index in [0.29, 0.717) is 18.3 Å². The van der Waals surface area contributed by atoms with Gasteiger partial charge >= 0.3 is 0 Å². The molecule has 2 unspecified atom stereocenters. The first-order chi connectivity index (χ1) is 8.56. The van der Waals surface area contributed by atoms with Crippen LogP contribution in [0.5, 0.6) is 0 Å². The summed E-state index contributed by atoms with van der Waals surface area (Å²) in [6.07, 6.45) is 1.88. The number of nitrogens with one attached hydrogen (secondary N) is 1. The van der Waals surface area contributed by atoms with Crippen LogP contribution >= 0.6 is 0 Å². The van der Waals surface area contributed by atoms with E-state index < -0.39 is 0 Å². The molecule has 3 N–H and O–H groups in total. The van der Waals surface area contributed by atoms with Crippen LogP contribution in [0.15, 0.2) is 24.3 Å². The minimum Gasteiger partial charge on any atom is -0.376 e. The van der Waals surface area contributed by atoms with Gasteiger partial charge in [0.15, 0.2) is 0 Å². The summed E-state index contributed by atoms with van der Waals surface area (Å²) in [7, 11) is 2.12. The third-order valence-electron chi connectivity index (χ3n) is 4.05. The second kappa shape index (κ2) is 5.24. The zero-order valence-electron chi connectivity index (χ0n) is 11.1. The number of likely N-dealkylation sites (tertiary alicyclic amines) is 1. The smallest absolute Gasteiger partial charge is 0.146 e. The quantitative estimate of drug-likeness (QED) is 0.864. The van der Waals surface area contributed by atoms with E-state index in [1.807, 2.05) is 6.07 Å². The van der Waals surface area contributed by atoms with Gasteiger partial charge in [0, 0.05) is 19.1 Å². The predicted octanol–water partition coefficient (Wildman–Crippen LogP) is 2.05. The third-order valence-corrected chi connectivity index (χ3v) is 4.05. The van der Waals surface area contributed by atoms with Gasteiger partial charge in [-0.25, -0.2) is 4.39 Å². The Balaban J connectivity index is 2.16. The van der Waals surface area contributed by atoms with Gasteiger partial charge in [-0.2, -0.15) is 0 Å². The Labute approximate surface area is 108 Å². The van der Waals surface area contributed by atoms with Crippen molar-refractivity contribution in [3.8, 4) is 0 Å². The molecule has 4 heteroatoms. The summed E-state index contributed by atoms with van der Waals surface area (Å²) in [5, 5.41) is 3.34. The molecular weight excluding hydrogens is 229 g/mol. The average Bonchev–Trinajstić information content (AvgIpc) is 2.37.